The fraction of sp³-hybridized carbons (Fsp3) is 0.875. The first kappa shape index (κ1) is 19.7. The Bertz CT molecular complexity index is 410. The van der Waals surface area contributed by atoms with Crippen LogP contribution >= 0.6 is 0 Å². The van der Waals surface area contributed by atoms with Gasteiger partial charge < -0.3 is 20.1 Å². The van der Waals surface area contributed by atoms with Crippen LogP contribution in [0, 0.1) is 0 Å². The van der Waals surface area contributed by atoms with Gasteiger partial charge in [-0.1, -0.05) is 0 Å². The van der Waals surface area contributed by atoms with Gasteiger partial charge in [0.15, 0.2) is 5.96 Å². The molecule has 1 heterocycles. The summed E-state index contributed by atoms with van der Waals surface area (Å²) in [5, 5.41) is 6.26. The minimum atomic E-state index is -0.478. The Morgan fingerprint density at radius 2 is 1.78 bits per heavy atom. The van der Waals surface area contributed by atoms with Crippen LogP contribution in [0.3, 0.4) is 0 Å². The Morgan fingerprint density at radius 3 is 2.30 bits per heavy atom. The number of hydrogen-bond acceptors (Lipinski definition) is 5. The molecule has 0 atom stereocenters. The average Bonchev–Trinajstić information content (AvgIpc) is 2.46. The summed E-state index contributed by atoms with van der Waals surface area (Å²) in [5.41, 5.74) is -0.499. The summed E-state index contributed by atoms with van der Waals surface area (Å²) >= 11 is 0. The predicted octanol–water partition coefficient (Wildman–Crippen LogP) is 0.604. The average molecular weight is 328 g/mol. The summed E-state index contributed by atoms with van der Waals surface area (Å²) in [6.45, 7) is 14.1. The standard InChI is InChI=1S/C16H32N4O3/c1-15(2,3)23-13(21)11-18-14(17-6)19-12-16(4,5)20-7-9-22-10-8-20/h7-12H2,1-6H3,(H2,17,18,19). The van der Waals surface area contributed by atoms with E-state index >= 15 is 0 Å². The Kier molecular flexibility index (Phi) is 7.28. The number of guanidine groups is 1. The molecular weight excluding hydrogens is 296 g/mol. The van der Waals surface area contributed by atoms with Crippen LogP contribution in [-0.4, -0.2) is 74.4 Å². The van der Waals surface area contributed by atoms with Crippen LogP contribution in [0.15, 0.2) is 4.99 Å². The highest BCUT2D eigenvalue weighted by molar-refractivity contribution is 5.84. The predicted molar refractivity (Wildman–Crippen MR) is 91.7 cm³/mol. The van der Waals surface area contributed by atoms with Crippen LogP contribution in [0.25, 0.3) is 0 Å². The number of nitrogens with zero attached hydrogens (tertiary/aromatic N) is 2. The van der Waals surface area contributed by atoms with Gasteiger partial charge in [0.2, 0.25) is 0 Å². The fourth-order valence-corrected chi connectivity index (χ4v) is 2.33. The Balaban J connectivity index is 2.40. The van der Waals surface area contributed by atoms with Gasteiger partial charge in [0, 0.05) is 32.2 Å². The molecule has 0 amide bonds. The second-order valence-corrected chi connectivity index (χ2v) is 7.28. The Hall–Kier alpha value is -1.34. The molecule has 0 unspecified atom stereocenters. The summed E-state index contributed by atoms with van der Waals surface area (Å²) < 4.78 is 10.7. The molecule has 0 bridgehead atoms. The van der Waals surface area contributed by atoms with Crippen molar-refractivity contribution in [3.63, 3.8) is 0 Å². The topological polar surface area (TPSA) is 75.2 Å². The van der Waals surface area contributed by atoms with E-state index in [4.69, 9.17) is 9.47 Å². The van der Waals surface area contributed by atoms with Crippen molar-refractivity contribution in [1.29, 1.82) is 0 Å². The first-order valence-corrected chi connectivity index (χ1v) is 8.13. The number of carbonyl (C=O) groups excluding carboxylic acids is 1. The maximum atomic E-state index is 11.7. The number of ether oxygens (including phenoxy) is 2. The van der Waals surface area contributed by atoms with E-state index in [1.807, 2.05) is 20.8 Å². The quantitative estimate of drug-likeness (QED) is 0.437. The number of rotatable bonds is 5. The summed E-state index contributed by atoms with van der Waals surface area (Å²) in [6.07, 6.45) is 0. The first-order valence-electron chi connectivity index (χ1n) is 8.13. The molecule has 134 valence electrons. The van der Waals surface area contributed by atoms with E-state index in [2.05, 4.69) is 34.4 Å². The van der Waals surface area contributed by atoms with Crippen molar-refractivity contribution in [1.82, 2.24) is 15.5 Å². The lowest BCUT2D eigenvalue weighted by Crippen LogP contribution is -2.56. The number of hydrogen-bond donors (Lipinski definition) is 2. The number of esters is 1. The highest BCUT2D eigenvalue weighted by atomic mass is 16.6. The molecule has 0 radical (unpaired) electrons. The van der Waals surface area contributed by atoms with E-state index in [1.54, 1.807) is 7.05 Å². The van der Waals surface area contributed by atoms with Crippen LogP contribution in [0.5, 0.6) is 0 Å². The van der Waals surface area contributed by atoms with E-state index in [0.717, 1.165) is 32.8 Å². The smallest absolute Gasteiger partial charge is 0.325 e. The van der Waals surface area contributed by atoms with Crippen LogP contribution in [0.4, 0.5) is 0 Å². The normalized spacial score (nSPS) is 17.7. The van der Waals surface area contributed by atoms with Crippen molar-refractivity contribution in [3.8, 4) is 0 Å². The molecule has 0 saturated carbocycles. The Morgan fingerprint density at radius 1 is 1.17 bits per heavy atom. The molecule has 0 aromatic rings. The zero-order chi connectivity index (χ0) is 17.5. The molecule has 7 nitrogen and oxygen atoms in total. The van der Waals surface area contributed by atoms with Crippen molar-refractivity contribution >= 4 is 11.9 Å². The zero-order valence-corrected chi connectivity index (χ0v) is 15.4. The Labute approximate surface area is 139 Å². The molecule has 0 aromatic heterocycles. The van der Waals surface area contributed by atoms with Gasteiger partial charge in [-0.3, -0.25) is 14.7 Å². The molecule has 2 N–H and O–H groups in total. The number of carbonyl (C=O) groups is 1. The van der Waals surface area contributed by atoms with Gasteiger partial charge in [0.25, 0.3) is 0 Å². The van der Waals surface area contributed by atoms with Gasteiger partial charge >= 0.3 is 5.97 Å². The lowest BCUT2D eigenvalue weighted by molar-refractivity contribution is -0.153. The van der Waals surface area contributed by atoms with Gasteiger partial charge in [-0.25, -0.2) is 0 Å². The lowest BCUT2D eigenvalue weighted by Gasteiger charge is -2.41. The van der Waals surface area contributed by atoms with E-state index in [9.17, 15) is 4.79 Å². The van der Waals surface area contributed by atoms with Gasteiger partial charge in [0.05, 0.1) is 13.2 Å². The number of nitrogens with one attached hydrogen (secondary N) is 2. The molecule has 0 aromatic carbocycles. The van der Waals surface area contributed by atoms with Crippen molar-refractivity contribution in [2.45, 2.75) is 45.8 Å². The summed E-state index contributed by atoms with van der Waals surface area (Å²) in [7, 11) is 1.69. The highest BCUT2D eigenvalue weighted by Gasteiger charge is 2.28. The third kappa shape index (κ3) is 7.65. The van der Waals surface area contributed by atoms with Crippen molar-refractivity contribution in [2.24, 2.45) is 4.99 Å². The summed E-state index contributed by atoms with van der Waals surface area (Å²) in [6, 6.07) is 0. The van der Waals surface area contributed by atoms with Crippen LogP contribution in [0.1, 0.15) is 34.6 Å². The van der Waals surface area contributed by atoms with Crippen molar-refractivity contribution < 1.29 is 14.3 Å². The van der Waals surface area contributed by atoms with E-state index in [1.165, 1.54) is 0 Å². The molecule has 1 aliphatic rings. The largest absolute Gasteiger partial charge is 0.459 e. The third-order valence-electron chi connectivity index (χ3n) is 3.60. The van der Waals surface area contributed by atoms with Crippen molar-refractivity contribution in [2.75, 3.05) is 46.4 Å². The second-order valence-electron chi connectivity index (χ2n) is 7.28. The fourth-order valence-electron chi connectivity index (χ4n) is 2.33. The van der Waals surface area contributed by atoms with Gasteiger partial charge in [0.1, 0.15) is 12.1 Å². The van der Waals surface area contributed by atoms with Crippen LogP contribution < -0.4 is 10.6 Å². The van der Waals surface area contributed by atoms with E-state index in [-0.39, 0.29) is 18.1 Å². The molecule has 1 fully saturated rings. The first-order chi connectivity index (χ1) is 10.6. The molecular formula is C16H32N4O3. The molecule has 0 aliphatic carbocycles. The van der Waals surface area contributed by atoms with Gasteiger partial charge in [-0.2, -0.15) is 0 Å². The van der Waals surface area contributed by atoms with Gasteiger partial charge in [-0.15, -0.1) is 0 Å². The third-order valence-corrected chi connectivity index (χ3v) is 3.60. The summed E-state index contributed by atoms with van der Waals surface area (Å²) in [4.78, 5) is 18.3. The minimum Gasteiger partial charge on any atom is -0.459 e. The monoisotopic (exact) mass is 328 g/mol. The summed E-state index contributed by atoms with van der Waals surface area (Å²) in [5.74, 6) is 0.296. The van der Waals surface area contributed by atoms with Crippen LogP contribution in [-0.2, 0) is 14.3 Å². The zero-order valence-electron chi connectivity index (χ0n) is 15.4. The molecule has 1 saturated heterocycles. The van der Waals surface area contributed by atoms with Crippen molar-refractivity contribution in [3.05, 3.63) is 0 Å². The molecule has 1 rings (SSSR count). The molecule has 0 spiro atoms. The molecule has 1 aliphatic heterocycles. The van der Waals surface area contributed by atoms with E-state index < -0.39 is 5.60 Å². The lowest BCUT2D eigenvalue weighted by atomic mass is 10.0. The molecule has 7 heteroatoms. The number of aliphatic imine (C=N–C) groups is 1. The SMILES string of the molecule is CN=C(NCC(=O)OC(C)(C)C)NCC(C)(C)N1CCOCC1. The second kappa shape index (κ2) is 8.49. The minimum absolute atomic E-state index is 0.0205. The maximum absolute atomic E-state index is 11.7. The maximum Gasteiger partial charge on any atom is 0.325 e. The highest BCUT2D eigenvalue weighted by Crippen LogP contribution is 2.14. The van der Waals surface area contributed by atoms with Gasteiger partial charge in [-0.05, 0) is 34.6 Å². The van der Waals surface area contributed by atoms with Crippen LogP contribution in [0.2, 0.25) is 0 Å². The molecule has 23 heavy (non-hydrogen) atoms. The number of morpholine rings is 1. The van der Waals surface area contributed by atoms with E-state index in [0.29, 0.717) is 5.96 Å².